The van der Waals surface area contributed by atoms with E-state index in [4.69, 9.17) is 18.7 Å². The molecule has 72 heavy (non-hydrogen) atoms. The number of hydrogen-bond acceptors (Lipinski definition) is 3. The van der Waals surface area contributed by atoms with Crippen LogP contribution in [0.3, 0.4) is 0 Å². The Morgan fingerprint density at radius 3 is 0.931 bits per heavy atom. The first-order valence-electron chi connectivity index (χ1n) is 22.8. The summed E-state index contributed by atoms with van der Waals surface area (Å²) in [5.41, 5.74) is 4.56. The van der Waals surface area contributed by atoms with Crippen molar-refractivity contribution in [3.05, 3.63) is 261 Å². The molecule has 0 saturated carbocycles. The predicted octanol–water partition coefficient (Wildman–Crippen LogP) is 12.3. The number of alkyl halides is 3. The van der Waals surface area contributed by atoms with Gasteiger partial charge in [0, 0.05) is 17.3 Å². The molecule has 0 radical (unpaired) electrons. The van der Waals surface area contributed by atoms with Crippen LogP contribution >= 0.6 is 33.5 Å². The van der Waals surface area contributed by atoms with E-state index in [1.54, 1.807) is 0 Å². The predicted molar refractivity (Wildman–Crippen MR) is 303 cm³/mol. The van der Waals surface area contributed by atoms with Gasteiger partial charge in [0.1, 0.15) is 31.8 Å². The van der Waals surface area contributed by atoms with E-state index in [9.17, 15) is 13.2 Å². The van der Waals surface area contributed by atoms with Crippen molar-refractivity contribution in [3.63, 3.8) is 0 Å². The summed E-state index contributed by atoms with van der Waals surface area (Å²) in [6, 6.07) is 93.4. The Morgan fingerprint density at radius 2 is 0.667 bits per heavy atom. The molecule has 0 heterocycles. The number of nitrogens with one attached hydrogen (secondary N) is 1. The fourth-order valence-electron chi connectivity index (χ4n) is 8.73. The maximum absolute atomic E-state index is 10.7. The molecule has 0 unspecified atom stereocenters. The third kappa shape index (κ3) is 13.6. The number of halogens is 4. The Kier molecular flexibility index (Phi) is 20.0. The number of benzene rings is 10. The average molecular weight is 1140 g/mol. The van der Waals surface area contributed by atoms with Crippen LogP contribution in [0.5, 0.6) is 0 Å². The van der Waals surface area contributed by atoms with Crippen LogP contribution in [-0.4, -0.2) is 31.2 Å². The second kappa shape index (κ2) is 26.5. The van der Waals surface area contributed by atoms with Gasteiger partial charge >= 0.3 is 32.5 Å². The minimum Gasteiger partial charge on any atom is -0.674 e. The molecule has 13 heteroatoms. The van der Waals surface area contributed by atoms with E-state index in [0.29, 0.717) is 6.54 Å². The van der Waals surface area contributed by atoms with Crippen molar-refractivity contribution in [2.45, 2.75) is 5.51 Å². The first kappa shape index (κ1) is 54.4. The van der Waals surface area contributed by atoms with Crippen LogP contribution in [0.2, 0.25) is 0 Å². The molecule has 0 aromatic heterocycles. The molecular weight excluding hydrogens is 1090 g/mol. The molecule has 0 amide bonds. The zero-order valence-electron chi connectivity index (χ0n) is 38.7. The molecule has 1 N–H and O–H groups in total. The van der Waals surface area contributed by atoms with Gasteiger partial charge < -0.3 is 10.3 Å². The molecule has 0 fully saturated rings. The summed E-state index contributed by atoms with van der Waals surface area (Å²) in [6.07, 6.45) is 0.985. The van der Waals surface area contributed by atoms with Gasteiger partial charge in [0.25, 0.3) is 0 Å². The molecule has 4 nitrogen and oxygen atoms in total. The Hall–Kier alpha value is -5.42. The molecule has 10 aromatic rings. The van der Waals surface area contributed by atoms with E-state index < -0.39 is 39.4 Å². The van der Waals surface area contributed by atoms with Gasteiger partial charge in [0.05, 0.1) is 34.4 Å². The largest absolute Gasteiger partial charge is 0.674 e. The molecule has 10 aromatic carbocycles. The Morgan fingerprint density at radius 1 is 0.417 bits per heavy atom. The third-order valence-electron chi connectivity index (χ3n) is 11.8. The van der Waals surface area contributed by atoms with Crippen LogP contribution in [0, 0.1) is 0 Å². The molecule has 0 spiro atoms. The van der Waals surface area contributed by atoms with Crippen molar-refractivity contribution < 1.29 is 43.5 Å². The normalized spacial score (nSPS) is 11.3. The summed E-state index contributed by atoms with van der Waals surface area (Å²) in [4.78, 5) is 0. The average Bonchev–Trinajstić information content (AvgIpc) is 3.42. The monoisotopic (exact) mass is 1140 g/mol. The second-order valence-electron chi connectivity index (χ2n) is 16.2. The summed E-state index contributed by atoms with van der Waals surface area (Å²) in [5.74, 6) is 0. The smallest absolute Gasteiger partial charge is 0.111 e. The quantitative estimate of drug-likeness (QED) is 0.0560. The summed E-state index contributed by atoms with van der Waals surface area (Å²) in [7, 11) is -5.00. The number of rotatable bonds is 11. The zero-order chi connectivity index (χ0) is 50.9. The van der Waals surface area contributed by atoms with Crippen LogP contribution < -0.4 is 42.4 Å². The van der Waals surface area contributed by atoms with Gasteiger partial charge in [-0.15, -0.1) is 6.54 Å². The molecule has 0 aliphatic carbocycles. The molecular formula is C59H50ClF3NO3P3RuS+3. The second-order valence-corrected chi connectivity index (χ2v) is 25.1. The van der Waals surface area contributed by atoms with Crippen molar-refractivity contribution in [2.24, 2.45) is 0 Å². The van der Waals surface area contributed by atoms with Gasteiger partial charge in [0.2, 0.25) is 0 Å². The molecule has 0 atom stereocenters. The fraction of sp³-hybridized carbons (Fsp3) is 0.0508. The summed E-state index contributed by atoms with van der Waals surface area (Å²) in [6.45, 7) is 0.512. The van der Waals surface area contributed by atoms with Gasteiger partial charge in [-0.3, -0.25) is 0 Å². The zero-order valence-corrected chi connectivity index (χ0v) is 45.0. The van der Waals surface area contributed by atoms with Crippen LogP contribution in [-0.2, 0) is 27.4 Å². The molecule has 0 bridgehead atoms. The maximum atomic E-state index is 10.7. The molecule has 363 valence electrons. The third-order valence-corrected chi connectivity index (χ3v) is 20.7. The van der Waals surface area contributed by atoms with E-state index in [1.165, 1.54) is 75.1 Å². The fourth-order valence-corrected chi connectivity index (χ4v) is 16.6. The van der Waals surface area contributed by atoms with Crippen molar-refractivity contribution in [1.82, 2.24) is 0 Å². The van der Waals surface area contributed by atoms with Gasteiger partial charge in [-0.05, 0) is 106 Å². The minimum absolute atomic E-state index is 0.512. The Labute approximate surface area is 437 Å². The van der Waals surface area contributed by atoms with Crippen molar-refractivity contribution in [3.8, 4) is 11.1 Å². The molecule has 0 saturated heterocycles. The number of fused-ring (bicyclic) bond motifs is 2. The van der Waals surface area contributed by atoms with Gasteiger partial charge in [-0.2, -0.15) is 13.2 Å². The molecule has 10 rings (SSSR count). The standard InChI is InChI=1S/C44H32P2.C14H15NP.CHF3O3S.ClH.Ru/c1-5-19-35(20-6-1)45(36-21-7-2-8-22-36)41-31-29-33-17-13-15-27-39(33)43(41)44-40-28-16-14-18-34(40)30-32-42(44)46(37-23-9-3-10-24-37)38-25-11-4-12-26-38;15-11-12-16(13-7-3-1-4-8-13)14-9-5-2-6-10-14;2-1(3,4)8(5,6)7;;/h1-32H;1-10,15H,11-12H2;(H,5,6,7);1H;/q;-1;;;+3/p+1. The first-order chi connectivity index (χ1) is 35.0. The van der Waals surface area contributed by atoms with Crippen molar-refractivity contribution >= 4 is 108 Å². The Bertz CT molecular complexity index is 3090. The SMILES string of the molecule is O=S(=O)([O-])C(F)(F)F.[Cl][Ru+2].[NH-]CC[PH+](c1ccccc1)c1ccccc1.c1ccc([PH+](c2ccccc2)c2ccc3ccccc3c2-c2c([PH+](c3ccccc3)c3ccccc3)ccc3ccccc23)cc1. The summed E-state index contributed by atoms with van der Waals surface area (Å²) >= 11 is 1.82. The van der Waals surface area contributed by atoms with Crippen molar-refractivity contribution in [1.29, 1.82) is 0 Å². The van der Waals surface area contributed by atoms with E-state index in [-0.39, 0.29) is 0 Å². The minimum atomic E-state index is -6.09. The van der Waals surface area contributed by atoms with Crippen LogP contribution in [0.25, 0.3) is 38.4 Å². The first-order valence-corrected chi connectivity index (χ1v) is 31.2. The van der Waals surface area contributed by atoms with E-state index in [0.717, 1.165) is 6.16 Å². The molecule has 0 aliphatic rings. The van der Waals surface area contributed by atoms with Gasteiger partial charge in [-0.1, -0.05) is 170 Å². The van der Waals surface area contributed by atoms with Crippen LogP contribution in [0.1, 0.15) is 0 Å². The molecule has 0 aliphatic heterocycles. The topological polar surface area (TPSA) is 81.0 Å². The van der Waals surface area contributed by atoms with Crippen molar-refractivity contribution in [2.75, 3.05) is 12.7 Å². The van der Waals surface area contributed by atoms with E-state index >= 15 is 0 Å². The summed E-state index contributed by atoms with van der Waals surface area (Å²) in [5, 5.41) is 16.4. The van der Waals surface area contributed by atoms with Gasteiger partial charge in [-0.25, -0.2) is 8.42 Å². The number of hydrogen-bond donors (Lipinski definition) is 0. The van der Waals surface area contributed by atoms with Gasteiger partial charge in [0.15, 0.2) is 10.1 Å². The van der Waals surface area contributed by atoms with Crippen LogP contribution in [0.15, 0.2) is 255 Å². The van der Waals surface area contributed by atoms with E-state index in [2.05, 4.69) is 264 Å². The summed E-state index contributed by atoms with van der Waals surface area (Å²) < 4.78 is 58.9. The van der Waals surface area contributed by atoms with E-state index in [1.807, 2.05) is 17.3 Å². The Balaban J connectivity index is 0.000000240. The van der Waals surface area contributed by atoms with Crippen LogP contribution in [0.4, 0.5) is 13.2 Å². The maximum Gasteiger partial charge on any atom is 0.111 e.